The molecule has 3 fully saturated rings. The van der Waals surface area contributed by atoms with Gasteiger partial charge in [-0.1, -0.05) is 71.4 Å². The highest BCUT2D eigenvalue weighted by Gasteiger charge is 2.45. The number of anilines is 1. The average Bonchev–Trinajstić information content (AvgIpc) is 1.18. The lowest BCUT2D eigenvalue weighted by Gasteiger charge is -2.39. The van der Waals surface area contributed by atoms with E-state index >= 15 is 4.79 Å². The van der Waals surface area contributed by atoms with E-state index in [1.165, 1.54) is 26.0 Å². The van der Waals surface area contributed by atoms with E-state index in [1.807, 2.05) is 16.0 Å². The maximum absolute atomic E-state index is 15.3. The molecular formula is C63H94N14O21. The van der Waals surface area contributed by atoms with Gasteiger partial charge < -0.3 is 94.4 Å². The number of unbranched alkanes of at least 4 members (excludes halogenated alkanes) is 6. The van der Waals surface area contributed by atoms with Crippen molar-refractivity contribution in [2.75, 3.05) is 31.5 Å². The molecule has 3 aliphatic rings. The number of carbonyl (C=O) groups is 17. The second kappa shape index (κ2) is 39.4. The zero-order chi connectivity index (χ0) is 73.1. The van der Waals surface area contributed by atoms with Crippen molar-refractivity contribution in [3.63, 3.8) is 0 Å². The molecule has 3 saturated heterocycles. The molecule has 98 heavy (non-hydrogen) atoms. The molecule has 0 spiro atoms. The molecule has 542 valence electrons. The number of carboxylic acid groups (broad SMARTS) is 4. The summed E-state index contributed by atoms with van der Waals surface area (Å²) in [6, 6.07) is -12.7. The summed E-state index contributed by atoms with van der Waals surface area (Å²) in [5.41, 5.74) is 6.94. The van der Waals surface area contributed by atoms with Crippen LogP contribution in [0.2, 0.25) is 0 Å². The first-order chi connectivity index (χ1) is 46.2. The molecule has 0 radical (unpaired) electrons. The fourth-order valence-corrected chi connectivity index (χ4v) is 11.3. The molecule has 1 aromatic rings. The van der Waals surface area contributed by atoms with Crippen LogP contribution in [0.15, 0.2) is 24.3 Å². The third kappa shape index (κ3) is 25.6. The van der Waals surface area contributed by atoms with Crippen LogP contribution >= 0.6 is 0 Å². The number of carbonyl (C=O) groups excluding carboxylic acids is 13. The summed E-state index contributed by atoms with van der Waals surface area (Å²) >= 11 is 0. The van der Waals surface area contributed by atoms with Crippen molar-refractivity contribution in [3.8, 4) is 0 Å². The first-order valence-corrected chi connectivity index (χ1v) is 32.8. The summed E-state index contributed by atoms with van der Waals surface area (Å²) in [5, 5.41) is 65.2. The minimum Gasteiger partial charge on any atom is -0.481 e. The van der Waals surface area contributed by atoms with Gasteiger partial charge in [-0.05, 0) is 82.9 Å². The predicted molar refractivity (Wildman–Crippen MR) is 345 cm³/mol. The number of nitrogens with one attached hydrogen (secondary N) is 11. The highest BCUT2D eigenvalue weighted by molar-refractivity contribution is 6.01. The predicted octanol–water partition coefficient (Wildman–Crippen LogP) is -3.03. The molecule has 4 rings (SSSR count). The van der Waals surface area contributed by atoms with E-state index in [-0.39, 0.29) is 51.1 Å². The highest BCUT2D eigenvalue weighted by Crippen LogP contribution is 2.24. The van der Waals surface area contributed by atoms with Crippen LogP contribution in [0.3, 0.4) is 0 Å². The second-order valence-corrected chi connectivity index (χ2v) is 25.1. The number of nitrogens with zero attached hydrogens (tertiary/aromatic N) is 2. The molecule has 13 amide bonds. The molecule has 17 N–H and O–H groups in total. The molecule has 12 atom stereocenters. The van der Waals surface area contributed by atoms with Crippen LogP contribution < -0.4 is 64.2 Å². The van der Waals surface area contributed by atoms with Crippen LogP contribution in [0.4, 0.5) is 5.69 Å². The number of hydrogen-bond acceptors (Lipinski definition) is 18. The lowest BCUT2D eigenvalue weighted by Crippen LogP contribution is -2.66. The largest absolute Gasteiger partial charge is 0.481 e. The van der Waals surface area contributed by atoms with Gasteiger partial charge in [-0.2, -0.15) is 0 Å². The minimum absolute atomic E-state index is 0.00172. The van der Waals surface area contributed by atoms with E-state index in [2.05, 4.69) is 49.5 Å². The fraction of sp³-hybridized carbons (Fsp3) is 0.635. The molecule has 0 aromatic heterocycles. The second-order valence-electron chi connectivity index (χ2n) is 25.1. The van der Waals surface area contributed by atoms with Crippen LogP contribution in [0, 0.1) is 11.8 Å². The SMILES string of the molecule is CCCCCCCCCC(=O)Nc1ccc(CC(=O)NC(CC(=O)O)C(=O)NC2C(=O)N3CCCCC3C(=O)NC(C(C)C(=O)O)C(=O)NC(CC(=O)O)C(=O)NCC(=O)NC(CC(=O)O)C(=O)NCC(=O)NC(C(C)N)C(=O)NC(C(C)C)C(=O)N3CCCC3C(=O)NC2C)cc1. The molecule has 3 aliphatic heterocycles. The van der Waals surface area contributed by atoms with E-state index in [4.69, 9.17) is 5.73 Å². The molecular weight excluding hydrogens is 1290 g/mol. The van der Waals surface area contributed by atoms with E-state index in [0.717, 1.165) is 55.2 Å². The summed E-state index contributed by atoms with van der Waals surface area (Å²) < 4.78 is 0. The lowest BCUT2D eigenvalue weighted by molar-refractivity contribution is -0.150. The molecule has 35 heteroatoms. The van der Waals surface area contributed by atoms with Crippen molar-refractivity contribution < 1.29 is 102 Å². The van der Waals surface area contributed by atoms with Crippen LogP contribution in [-0.4, -0.2) is 224 Å². The molecule has 3 heterocycles. The molecule has 0 bridgehead atoms. The zero-order valence-electron chi connectivity index (χ0n) is 55.9. The maximum Gasteiger partial charge on any atom is 0.308 e. The monoisotopic (exact) mass is 1380 g/mol. The van der Waals surface area contributed by atoms with Crippen LogP contribution in [0.5, 0.6) is 0 Å². The van der Waals surface area contributed by atoms with Crippen LogP contribution in [0.1, 0.15) is 150 Å². The third-order valence-electron chi connectivity index (χ3n) is 16.7. The van der Waals surface area contributed by atoms with Gasteiger partial charge in [0.1, 0.15) is 54.4 Å². The number of benzene rings is 1. The van der Waals surface area contributed by atoms with E-state index in [0.29, 0.717) is 24.1 Å². The standard InChI is InChI=1S/C63H94N14O21/c1-7-8-9-10-11-12-13-19-43(78)68-37-22-20-36(21-23-37)26-44(79)69-40(29-49(86)87)56(90)75-53-35(6)67-57(91)42-18-16-25-77(42)61(95)50(32(2)3)73-60(94)52(34(5)64)72-46(81)31-66-54(88)38(27-47(82)83)70-45(80)30-65-55(89)39(28-48(84)85)71-59(93)51(33(4)63(97)98)74-58(92)41-17-14-15-24-76(41)62(53)96/h20-23,32-35,38-42,50-53H,7-19,24-31,64H2,1-6H3,(H,65,89)(H,66,88)(H,67,91)(H,68,78)(H,69,79)(H,70,80)(H,71,93)(H,72,81)(H,73,94)(H,74,92)(H,75,90)(H,82,83)(H,84,85)(H,86,87)(H,97,98). The number of amides is 13. The van der Waals surface area contributed by atoms with Crippen LogP contribution in [0.25, 0.3) is 0 Å². The number of nitrogens with two attached hydrogens (primary N) is 1. The highest BCUT2D eigenvalue weighted by atomic mass is 16.4. The Labute approximate surface area is 565 Å². The van der Waals surface area contributed by atoms with Gasteiger partial charge in [0.25, 0.3) is 0 Å². The number of carboxylic acids is 4. The molecule has 0 aliphatic carbocycles. The third-order valence-corrected chi connectivity index (χ3v) is 16.7. The maximum atomic E-state index is 15.3. The summed E-state index contributed by atoms with van der Waals surface area (Å²) in [5.74, 6) is -23.1. The number of rotatable bonds is 24. The number of piperidine rings is 1. The lowest BCUT2D eigenvalue weighted by atomic mass is 9.96. The van der Waals surface area contributed by atoms with Crippen molar-refractivity contribution in [1.82, 2.24) is 63.0 Å². The van der Waals surface area contributed by atoms with E-state index in [1.54, 1.807) is 26.0 Å². The van der Waals surface area contributed by atoms with Gasteiger partial charge in [-0.15, -0.1) is 0 Å². The topological polar surface area (TPSA) is 536 Å². The van der Waals surface area contributed by atoms with Gasteiger partial charge in [-0.3, -0.25) is 81.5 Å². The Morgan fingerprint density at radius 1 is 0.571 bits per heavy atom. The normalized spacial score (nSPS) is 24.1. The molecule has 0 saturated carbocycles. The Morgan fingerprint density at radius 3 is 1.65 bits per heavy atom. The van der Waals surface area contributed by atoms with Gasteiger partial charge in [0.15, 0.2) is 0 Å². The van der Waals surface area contributed by atoms with Crippen molar-refractivity contribution in [3.05, 3.63) is 29.8 Å². The summed E-state index contributed by atoms with van der Waals surface area (Å²) in [6.45, 7) is 6.35. The Bertz CT molecular complexity index is 3090. The summed E-state index contributed by atoms with van der Waals surface area (Å²) in [6.07, 6.45) is 4.02. The van der Waals surface area contributed by atoms with E-state index in [9.17, 15) is 97.1 Å². The summed E-state index contributed by atoms with van der Waals surface area (Å²) in [7, 11) is 0. The number of aliphatic carboxylic acids is 4. The molecule has 35 nitrogen and oxygen atoms in total. The van der Waals surface area contributed by atoms with Crippen molar-refractivity contribution in [2.45, 2.75) is 217 Å². The zero-order valence-corrected chi connectivity index (χ0v) is 55.9. The van der Waals surface area contributed by atoms with Gasteiger partial charge in [-0.25, -0.2) is 0 Å². The van der Waals surface area contributed by atoms with Crippen molar-refractivity contribution in [1.29, 1.82) is 0 Å². The Kier molecular flexibility index (Phi) is 32.4. The smallest absolute Gasteiger partial charge is 0.308 e. The van der Waals surface area contributed by atoms with Gasteiger partial charge in [0.2, 0.25) is 76.8 Å². The Hall–Kier alpha value is -9.83. The van der Waals surface area contributed by atoms with Gasteiger partial charge >= 0.3 is 23.9 Å². The van der Waals surface area contributed by atoms with Crippen molar-refractivity contribution >= 4 is 106 Å². The fourth-order valence-electron chi connectivity index (χ4n) is 11.3. The Balaban J connectivity index is 1.76. The van der Waals surface area contributed by atoms with E-state index < -0.39 is 212 Å². The number of hydrogen-bond donors (Lipinski definition) is 16. The Morgan fingerprint density at radius 2 is 1.09 bits per heavy atom. The first kappa shape index (κ1) is 80.6. The van der Waals surface area contributed by atoms with Gasteiger partial charge in [0, 0.05) is 31.2 Å². The number of fused-ring (bicyclic) bond motifs is 2. The summed E-state index contributed by atoms with van der Waals surface area (Å²) in [4.78, 5) is 232. The van der Waals surface area contributed by atoms with Gasteiger partial charge in [0.05, 0.1) is 50.7 Å². The van der Waals surface area contributed by atoms with Crippen molar-refractivity contribution in [2.24, 2.45) is 17.6 Å². The van der Waals surface area contributed by atoms with Crippen LogP contribution in [-0.2, 0) is 87.9 Å². The quantitative estimate of drug-likeness (QED) is 0.0458. The average molecular weight is 1380 g/mol. The minimum atomic E-state index is -2.17. The first-order valence-electron chi connectivity index (χ1n) is 32.8. The molecule has 1 aromatic carbocycles. The molecule has 12 unspecified atom stereocenters.